The molecule has 0 amide bonds. The second-order valence-electron chi connectivity index (χ2n) is 10.0. The van der Waals surface area contributed by atoms with Gasteiger partial charge in [-0.2, -0.15) is 0 Å². The molecule has 38 heavy (non-hydrogen) atoms. The number of hydrogen-bond donors (Lipinski definition) is 4. The lowest BCUT2D eigenvalue weighted by Crippen LogP contribution is -2.31. The summed E-state index contributed by atoms with van der Waals surface area (Å²) in [4.78, 5) is 28.5. The number of aliphatic imine (C=N–C) groups is 1. The Morgan fingerprint density at radius 1 is 1.18 bits per heavy atom. The molecule has 11 heteroatoms. The number of anilines is 3. The number of aliphatic hydroxyl groups excluding tert-OH is 1. The van der Waals surface area contributed by atoms with Crippen molar-refractivity contribution in [2.24, 2.45) is 12.0 Å². The second kappa shape index (κ2) is 9.58. The van der Waals surface area contributed by atoms with Gasteiger partial charge in [-0.3, -0.25) is 14.6 Å². The first kappa shape index (κ1) is 24.1. The molecule has 2 aliphatic heterocycles. The van der Waals surface area contributed by atoms with Crippen LogP contribution in [0.3, 0.4) is 0 Å². The first-order chi connectivity index (χ1) is 18.4. The number of rotatable bonds is 7. The summed E-state index contributed by atoms with van der Waals surface area (Å²) in [5, 5.41) is 20.2. The smallest absolute Gasteiger partial charge is 0.273 e. The lowest BCUT2D eigenvalue weighted by atomic mass is 10.0. The van der Waals surface area contributed by atoms with E-state index in [-0.39, 0.29) is 23.7 Å². The van der Waals surface area contributed by atoms with Crippen molar-refractivity contribution in [2.75, 3.05) is 44.0 Å². The number of benzene rings is 1. The fourth-order valence-electron chi connectivity index (χ4n) is 5.16. The molecule has 0 saturated carbocycles. The molecular formula is C27H30N8O3. The van der Waals surface area contributed by atoms with Crippen molar-refractivity contribution in [3.8, 4) is 0 Å². The summed E-state index contributed by atoms with van der Waals surface area (Å²) in [6.07, 6.45) is 2.67. The molecule has 5 heterocycles. The van der Waals surface area contributed by atoms with Crippen LogP contribution < -0.4 is 16.2 Å². The molecule has 0 aliphatic carbocycles. The number of H-pyrrole nitrogens is 1. The van der Waals surface area contributed by atoms with Gasteiger partial charge in [0.1, 0.15) is 23.8 Å². The van der Waals surface area contributed by atoms with Crippen molar-refractivity contribution >= 4 is 34.3 Å². The molecule has 196 valence electrons. The zero-order valence-electron chi connectivity index (χ0n) is 21.3. The monoisotopic (exact) mass is 514 g/mol. The summed E-state index contributed by atoms with van der Waals surface area (Å²) in [6, 6.07) is 14.8. The van der Waals surface area contributed by atoms with Crippen LogP contribution in [0.5, 0.6) is 0 Å². The van der Waals surface area contributed by atoms with E-state index in [9.17, 15) is 9.90 Å². The highest BCUT2D eigenvalue weighted by Crippen LogP contribution is 2.34. The maximum absolute atomic E-state index is 12.0. The molecule has 4 aromatic rings. The number of fused-ring (bicyclic) bond motifs is 1. The number of aromatic amines is 1. The Kier molecular flexibility index (Phi) is 6.09. The van der Waals surface area contributed by atoms with Crippen molar-refractivity contribution in [2.45, 2.75) is 18.0 Å². The highest BCUT2D eigenvalue weighted by atomic mass is 16.5. The van der Waals surface area contributed by atoms with Crippen LogP contribution in [0.15, 0.2) is 64.5 Å². The summed E-state index contributed by atoms with van der Waals surface area (Å²) < 4.78 is 7.71. The number of likely N-dealkylation sites (N-methyl/N-ethyl adjacent to an activating group) is 1. The Morgan fingerprint density at radius 2 is 2.03 bits per heavy atom. The third-order valence-electron chi connectivity index (χ3n) is 7.15. The minimum Gasteiger partial charge on any atom is -0.475 e. The molecule has 3 aromatic heterocycles. The van der Waals surface area contributed by atoms with Gasteiger partial charge < -0.3 is 25.4 Å². The van der Waals surface area contributed by atoms with Crippen LogP contribution in [-0.2, 0) is 11.8 Å². The molecule has 1 saturated heterocycles. The number of hydrogen-bond acceptors (Lipinski definition) is 9. The van der Waals surface area contributed by atoms with Crippen LogP contribution in [0.2, 0.25) is 0 Å². The van der Waals surface area contributed by atoms with Gasteiger partial charge in [-0.15, -0.1) is 0 Å². The number of likely N-dealkylation sites (tertiary alicyclic amines) is 1. The summed E-state index contributed by atoms with van der Waals surface area (Å²) in [5.74, 6) is 1.64. The van der Waals surface area contributed by atoms with E-state index in [1.165, 1.54) is 0 Å². The average Bonchev–Trinajstić information content (AvgIpc) is 3.59. The van der Waals surface area contributed by atoms with Crippen molar-refractivity contribution in [3.63, 3.8) is 0 Å². The van der Waals surface area contributed by atoms with Crippen LogP contribution >= 0.6 is 0 Å². The predicted molar refractivity (Wildman–Crippen MR) is 146 cm³/mol. The molecule has 1 fully saturated rings. The highest BCUT2D eigenvalue weighted by molar-refractivity contribution is 6.01. The zero-order chi connectivity index (χ0) is 26.3. The number of aromatic nitrogens is 4. The largest absolute Gasteiger partial charge is 0.475 e. The second-order valence-corrected chi connectivity index (χ2v) is 10.0. The minimum absolute atomic E-state index is 0.101. The van der Waals surface area contributed by atoms with Gasteiger partial charge in [0.05, 0.1) is 29.3 Å². The van der Waals surface area contributed by atoms with Gasteiger partial charge in [0, 0.05) is 32.4 Å². The van der Waals surface area contributed by atoms with Crippen LogP contribution in [0.1, 0.15) is 23.6 Å². The summed E-state index contributed by atoms with van der Waals surface area (Å²) >= 11 is 0. The van der Waals surface area contributed by atoms with Gasteiger partial charge in [-0.25, -0.2) is 15.0 Å². The molecule has 0 bridgehead atoms. The van der Waals surface area contributed by atoms with Crippen LogP contribution in [0.25, 0.3) is 11.0 Å². The lowest BCUT2D eigenvalue weighted by Gasteiger charge is -2.21. The topological polar surface area (TPSA) is 133 Å². The van der Waals surface area contributed by atoms with E-state index < -0.39 is 0 Å². The molecule has 2 atom stereocenters. The van der Waals surface area contributed by atoms with Crippen molar-refractivity contribution in [1.82, 2.24) is 24.6 Å². The zero-order valence-corrected chi connectivity index (χ0v) is 21.3. The van der Waals surface area contributed by atoms with Gasteiger partial charge in [-0.1, -0.05) is 30.3 Å². The standard InChI is InChI=1S/C27H30N8O3/c1-34-11-10-27(15-34)16-38-26(32-27)19-13-28-23(12-20(19)29-21(14-36)17-6-4-3-5-7-17)30-22-9-8-18-24(31-22)35(2)33-25(18)37/h3-9,12-13,21,36H,10-11,14-16H2,1-2H3,(H,33,37)(H2,28,29,30,31)/t21-,27-/m1/s1. The number of pyridine rings is 2. The van der Waals surface area contributed by atoms with Crippen LogP contribution in [0, 0.1) is 0 Å². The Balaban J connectivity index is 1.36. The molecule has 6 rings (SSSR count). The van der Waals surface area contributed by atoms with Crippen molar-refractivity contribution < 1.29 is 9.84 Å². The molecule has 0 radical (unpaired) electrons. The molecule has 1 spiro atoms. The maximum Gasteiger partial charge on any atom is 0.273 e. The van der Waals surface area contributed by atoms with Gasteiger partial charge >= 0.3 is 0 Å². The van der Waals surface area contributed by atoms with Crippen LogP contribution in [0.4, 0.5) is 17.3 Å². The van der Waals surface area contributed by atoms with Crippen LogP contribution in [-0.4, -0.2) is 74.5 Å². The Hall–Kier alpha value is -4.22. The lowest BCUT2D eigenvalue weighted by molar-refractivity contribution is 0.254. The van der Waals surface area contributed by atoms with E-state index in [2.05, 4.69) is 37.6 Å². The third kappa shape index (κ3) is 4.50. The fourth-order valence-corrected chi connectivity index (χ4v) is 5.16. The van der Waals surface area contributed by atoms with E-state index in [0.29, 0.717) is 35.2 Å². The SMILES string of the molecule is CN1CC[C@]2(COC(c3cnc(Nc4ccc5c(=O)[nH]n(C)c5n4)cc3N[C@H](CO)c3ccccc3)=N2)C1. The van der Waals surface area contributed by atoms with E-state index >= 15 is 0 Å². The molecule has 4 N–H and O–H groups in total. The van der Waals surface area contributed by atoms with E-state index in [1.807, 2.05) is 36.4 Å². The van der Waals surface area contributed by atoms with Gasteiger partial charge in [0.2, 0.25) is 5.90 Å². The summed E-state index contributed by atoms with van der Waals surface area (Å²) in [7, 11) is 3.84. The predicted octanol–water partition coefficient (Wildman–Crippen LogP) is 2.40. The molecule has 2 aliphatic rings. The number of nitrogens with zero attached hydrogens (tertiary/aromatic N) is 5. The average molecular weight is 515 g/mol. The highest BCUT2D eigenvalue weighted by Gasteiger charge is 2.42. The first-order valence-corrected chi connectivity index (χ1v) is 12.6. The number of ether oxygens (including phenoxy) is 1. The van der Waals surface area contributed by atoms with Gasteiger partial charge in [0.15, 0.2) is 5.65 Å². The summed E-state index contributed by atoms with van der Waals surface area (Å²) in [5.41, 5.74) is 2.53. The van der Waals surface area contributed by atoms with Crippen molar-refractivity contribution in [1.29, 1.82) is 0 Å². The van der Waals surface area contributed by atoms with E-state index in [4.69, 9.17) is 9.73 Å². The van der Waals surface area contributed by atoms with E-state index in [1.54, 1.807) is 30.1 Å². The number of nitrogens with one attached hydrogen (secondary N) is 3. The Bertz CT molecular complexity index is 1560. The molecule has 1 aromatic carbocycles. The normalized spacial score (nSPS) is 20.0. The quantitative estimate of drug-likeness (QED) is 0.296. The Labute approximate surface area is 219 Å². The molecule has 11 nitrogen and oxygen atoms in total. The minimum atomic E-state index is -0.345. The Morgan fingerprint density at radius 3 is 2.79 bits per heavy atom. The summed E-state index contributed by atoms with van der Waals surface area (Å²) in [6.45, 7) is 2.27. The fraction of sp³-hybridized carbons (Fsp3) is 0.333. The molecule has 0 unspecified atom stereocenters. The third-order valence-corrected chi connectivity index (χ3v) is 7.15. The van der Waals surface area contributed by atoms with Gasteiger partial charge in [-0.05, 0) is 31.2 Å². The van der Waals surface area contributed by atoms with Gasteiger partial charge in [0.25, 0.3) is 5.56 Å². The number of aliphatic hydroxyl groups is 1. The first-order valence-electron chi connectivity index (χ1n) is 12.6. The van der Waals surface area contributed by atoms with Crippen molar-refractivity contribution in [3.05, 3.63) is 76.2 Å². The molecular weight excluding hydrogens is 484 g/mol. The number of aryl methyl sites for hydroxylation is 1. The maximum atomic E-state index is 12.0. The van der Waals surface area contributed by atoms with E-state index in [0.717, 1.165) is 36.3 Å².